The van der Waals surface area contributed by atoms with E-state index < -0.39 is 0 Å². The second kappa shape index (κ2) is 9.84. The average Bonchev–Trinajstić information content (AvgIpc) is 3.42. The molecule has 30 heavy (non-hydrogen) atoms. The maximum Gasteiger partial charge on any atom is 0.236 e. The average molecular weight is 454 g/mol. The fourth-order valence-electron chi connectivity index (χ4n) is 2.58. The van der Waals surface area contributed by atoms with Crippen LogP contribution in [0, 0.1) is 6.92 Å². The number of nitrogens with zero attached hydrogens (tertiary/aromatic N) is 3. The molecule has 1 amide bonds. The maximum absolute atomic E-state index is 12.3. The molecule has 0 aliphatic heterocycles. The molecule has 0 saturated heterocycles. The molecular formula is C21H19N5OS3. The van der Waals surface area contributed by atoms with Crippen molar-refractivity contribution < 1.29 is 4.79 Å². The monoisotopic (exact) mass is 453 g/mol. The minimum atomic E-state index is -0.112. The molecule has 4 rings (SSSR count). The summed E-state index contributed by atoms with van der Waals surface area (Å²) < 4.78 is 0.750. The third-order valence-corrected chi connectivity index (χ3v) is 6.89. The summed E-state index contributed by atoms with van der Waals surface area (Å²) in [4.78, 5) is 16.8. The van der Waals surface area contributed by atoms with Crippen LogP contribution in [0.4, 0.5) is 10.3 Å². The van der Waals surface area contributed by atoms with Crippen LogP contribution in [0.1, 0.15) is 11.1 Å². The van der Waals surface area contributed by atoms with Crippen LogP contribution in [0.2, 0.25) is 0 Å². The van der Waals surface area contributed by atoms with E-state index in [0.29, 0.717) is 11.7 Å². The second-order valence-corrected chi connectivity index (χ2v) is 9.51. The molecule has 0 fully saturated rings. The van der Waals surface area contributed by atoms with E-state index in [2.05, 4.69) is 57.0 Å². The zero-order chi connectivity index (χ0) is 20.8. The van der Waals surface area contributed by atoms with Gasteiger partial charge in [-0.2, -0.15) is 0 Å². The fraction of sp³-hybridized carbons (Fsp3) is 0.143. The number of hydrogen-bond acceptors (Lipinski definition) is 8. The van der Waals surface area contributed by atoms with E-state index in [1.807, 2.05) is 35.7 Å². The molecule has 0 unspecified atom stereocenters. The molecule has 152 valence electrons. The van der Waals surface area contributed by atoms with E-state index in [-0.39, 0.29) is 11.7 Å². The van der Waals surface area contributed by atoms with Crippen molar-refractivity contribution in [1.29, 1.82) is 0 Å². The van der Waals surface area contributed by atoms with Crippen molar-refractivity contribution in [2.45, 2.75) is 17.8 Å². The lowest BCUT2D eigenvalue weighted by molar-refractivity contribution is -0.113. The molecule has 0 atom stereocenters. The first-order chi connectivity index (χ1) is 14.7. The summed E-state index contributed by atoms with van der Waals surface area (Å²) in [7, 11) is 0. The van der Waals surface area contributed by atoms with Crippen LogP contribution in [0.3, 0.4) is 0 Å². The summed E-state index contributed by atoms with van der Waals surface area (Å²) >= 11 is 4.22. The highest BCUT2D eigenvalue weighted by atomic mass is 32.2. The van der Waals surface area contributed by atoms with Gasteiger partial charge < -0.3 is 10.6 Å². The highest BCUT2D eigenvalue weighted by molar-refractivity contribution is 8.01. The number of carbonyl (C=O) groups is 1. The minimum Gasteiger partial charge on any atom is -0.356 e. The Balaban J connectivity index is 1.25. The van der Waals surface area contributed by atoms with Gasteiger partial charge in [0.05, 0.1) is 11.4 Å². The molecule has 0 saturated carbocycles. The van der Waals surface area contributed by atoms with Gasteiger partial charge >= 0.3 is 0 Å². The van der Waals surface area contributed by atoms with Gasteiger partial charge in [-0.1, -0.05) is 83.3 Å². The molecule has 4 aromatic rings. The van der Waals surface area contributed by atoms with Gasteiger partial charge in [-0.3, -0.25) is 4.79 Å². The highest BCUT2D eigenvalue weighted by Gasteiger charge is 2.11. The molecule has 2 heterocycles. The predicted octanol–water partition coefficient (Wildman–Crippen LogP) is 5.31. The van der Waals surface area contributed by atoms with Gasteiger partial charge in [0.25, 0.3) is 0 Å². The SMILES string of the molecule is Cc1ccc(-c2csc(NC(=O)CSc3nnc(NCc4ccccc4)s3)n2)cc1. The quantitative estimate of drug-likeness (QED) is 0.352. The van der Waals surface area contributed by atoms with E-state index in [0.717, 1.165) is 20.7 Å². The third-order valence-electron chi connectivity index (χ3n) is 4.12. The smallest absolute Gasteiger partial charge is 0.236 e. The Kier molecular flexibility index (Phi) is 6.73. The number of aromatic nitrogens is 3. The summed E-state index contributed by atoms with van der Waals surface area (Å²) in [6.07, 6.45) is 0. The standard InChI is InChI=1S/C21H19N5OS3/c1-14-7-9-16(10-8-14)17-12-28-20(23-17)24-18(27)13-29-21-26-25-19(30-21)22-11-15-5-3-2-4-6-15/h2-10,12H,11,13H2,1H3,(H,22,25)(H,23,24,27). The van der Waals surface area contributed by atoms with E-state index in [9.17, 15) is 4.79 Å². The number of aryl methyl sites for hydroxylation is 1. The van der Waals surface area contributed by atoms with Crippen LogP contribution in [-0.4, -0.2) is 26.8 Å². The molecule has 2 aromatic carbocycles. The Morgan fingerprint density at radius 2 is 1.83 bits per heavy atom. The van der Waals surface area contributed by atoms with Crippen LogP contribution in [0.25, 0.3) is 11.3 Å². The van der Waals surface area contributed by atoms with Gasteiger partial charge in [0.15, 0.2) is 9.47 Å². The van der Waals surface area contributed by atoms with Crippen molar-refractivity contribution in [3.63, 3.8) is 0 Å². The van der Waals surface area contributed by atoms with Crippen molar-refractivity contribution in [1.82, 2.24) is 15.2 Å². The van der Waals surface area contributed by atoms with E-state index in [4.69, 9.17) is 0 Å². The van der Waals surface area contributed by atoms with Gasteiger partial charge in [0, 0.05) is 17.5 Å². The molecule has 9 heteroatoms. The number of nitrogens with one attached hydrogen (secondary N) is 2. The predicted molar refractivity (Wildman–Crippen MR) is 125 cm³/mol. The Bertz CT molecular complexity index is 1110. The molecule has 2 aromatic heterocycles. The number of thioether (sulfide) groups is 1. The Hall–Kier alpha value is -2.75. The summed E-state index contributed by atoms with van der Waals surface area (Å²) in [5.74, 6) is 0.144. The van der Waals surface area contributed by atoms with Crippen LogP contribution >= 0.6 is 34.4 Å². The lowest BCUT2D eigenvalue weighted by Gasteiger charge is -2.01. The lowest BCUT2D eigenvalue weighted by atomic mass is 10.1. The molecule has 0 aliphatic carbocycles. The topological polar surface area (TPSA) is 79.8 Å². The minimum absolute atomic E-state index is 0.112. The molecule has 0 bridgehead atoms. The number of anilines is 2. The number of carbonyl (C=O) groups excluding carboxylic acids is 1. The fourth-order valence-corrected chi connectivity index (χ4v) is 4.87. The lowest BCUT2D eigenvalue weighted by Crippen LogP contribution is -2.13. The van der Waals surface area contributed by atoms with Crippen molar-refractivity contribution in [3.05, 3.63) is 71.1 Å². The van der Waals surface area contributed by atoms with Crippen LogP contribution < -0.4 is 10.6 Å². The van der Waals surface area contributed by atoms with Gasteiger partial charge in [-0.15, -0.1) is 21.5 Å². The zero-order valence-electron chi connectivity index (χ0n) is 16.2. The van der Waals surface area contributed by atoms with Crippen molar-refractivity contribution >= 4 is 50.6 Å². The number of benzene rings is 2. The van der Waals surface area contributed by atoms with E-state index in [1.165, 1.54) is 45.6 Å². The first kappa shape index (κ1) is 20.5. The molecule has 2 N–H and O–H groups in total. The molecular weight excluding hydrogens is 434 g/mol. The first-order valence-corrected chi connectivity index (χ1v) is 11.9. The Labute approximate surface area is 186 Å². The van der Waals surface area contributed by atoms with E-state index >= 15 is 0 Å². The maximum atomic E-state index is 12.3. The van der Waals surface area contributed by atoms with Gasteiger partial charge in [0.2, 0.25) is 11.0 Å². The normalized spacial score (nSPS) is 10.7. The highest BCUT2D eigenvalue weighted by Crippen LogP contribution is 2.27. The molecule has 0 radical (unpaired) electrons. The summed E-state index contributed by atoms with van der Waals surface area (Å²) in [6.45, 7) is 2.74. The summed E-state index contributed by atoms with van der Waals surface area (Å²) in [5, 5.41) is 17.7. The second-order valence-electron chi connectivity index (χ2n) is 6.45. The van der Waals surface area contributed by atoms with Crippen molar-refractivity contribution in [3.8, 4) is 11.3 Å². The Morgan fingerprint density at radius 3 is 2.63 bits per heavy atom. The zero-order valence-corrected chi connectivity index (χ0v) is 18.6. The third kappa shape index (κ3) is 5.65. The number of hydrogen-bond donors (Lipinski definition) is 2. The number of rotatable bonds is 8. The molecule has 0 aliphatic rings. The van der Waals surface area contributed by atoms with Crippen molar-refractivity contribution in [2.75, 3.05) is 16.4 Å². The number of thiazole rings is 1. The van der Waals surface area contributed by atoms with E-state index in [1.54, 1.807) is 0 Å². The van der Waals surface area contributed by atoms with Crippen LogP contribution in [-0.2, 0) is 11.3 Å². The number of amides is 1. The molecule has 0 spiro atoms. The van der Waals surface area contributed by atoms with Crippen LogP contribution in [0.15, 0.2) is 64.3 Å². The summed E-state index contributed by atoms with van der Waals surface area (Å²) in [5.41, 5.74) is 4.28. The first-order valence-electron chi connectivity index (χ1n) is 9.22. The largest absolute Gasteiger partial charge is 0.356 e. The molecule has 6 nitrogen and oxygen atoms in total. The van der Waals surface area contributed by atoms with Gasteiger partial charge in [-0.25, -0.2) is 4.98 Å². The van der Waals surface area contributed by atoms with Crippen molar-refractivity contribution in [2.24, 2.45) is 0 Å². The van der Waals surface area contributed by atoms with Gasteiger partial charge in [-0.05, 0) is 12.5 Å². The summed E-state index contributed by atoms with van der Waals surface area (Å²) in [6, 6.07) is 18.3. The Morgan fingerprint density at radius 1 is 1.03 bits per heavy atom. The van der Waals surface area contributed by atoms with Crippen LogP contribution in [0.5, 0.6) is 0 Å². The van der Waals surface area contributed by atoms with Gasteiger partial charge in [0.1, 0.15) is 0 Å².